The molecule has 3 nitrogen and oxygen atoms in total. The minimum atomic E-state index is 0.133. The molecule has 0 aromatic heterocycles. The van der Waals surface area contributed by atoms with Gasteiger partial charge in [-0.1, -0.05) is 6.07 Å². The van der Waals surface area contributed by atoms with Crippen LogP contribution in [0.2, 0.25) is 0 Å². The SMILES string of the molecule is Cc1ccc(C(=O)N2CC3CCC(N)C3C2)c(Br)c1. The van der Waals surface area contributed by atoms with E-state index in [1.165, 1.54) is 6.42 Å². The molecule has 3 rings (SSSR count). The Morgan fingerprint density at radius 2 is 2.16 bits per heavy atom. The molecule has 2 N–H and O–H groups in total. The molecule has 0 bridgehead atoms. The van der Waals surface area contributed by atoms with E-state index < -0.39 is 0 Å². The molecule has 2 fully saturated rings. The smallest absolute Gasteiger partial charge is 0.255 e. The van der Waals surface area contributed by atoms with Gasteiger partial charge >= 0.3 is 0 Å². The Kier molecular flexibility index (Phi) is 3.39. The number of aryl methyl sites for hydroxylation is 1. The van der Waals surface area contributed by atoms with E-state index in [2.05, 4.69) is 15.9 Å². The summed E-state index contributed by atoms with van der Waals surface area (Å²) in [5, 5.41) is 0. The van der Waals surface area contributed by atoms with Crippen LogP contribution in [-0.4, -0.2) is 29.9 Å². The van der Waals surface area contributed by atoms with Crippen LogP contribution >= 0.6 is 15.9 Å². The number of carbonyl (C=O) groups is 1. The molecule has 1 saturated carbocycles. The highest BCUT2D eigenvalue weighted by Crippen LogP contribution is 2.38. The monoisotopic (exact) mass is 322 g/mol. The molecule has 1 heterocycles. The predicted molar refractivity (Wildman–Crippen MR) is 79.0 cm³/mol. The first-order valence-corrected chi connectivity index (χ1v) is 7.66. The Morgan fingerprint density at radius 1 is 1.37 bits per heavy atom. The van der Waals surface area contributed by atoms with Gasteiger partial charge in [-0.3, -0.25) is 4.79 Å². The third kappa shape index (κ3) is 2.32. The van der Waals surface area contributed by atoms with Gasteiger partial charge in [0.05, 0.1) is 5.56 Å². The van der Waals surface area contributed by atoms with Gasteiger partial charge in [0.1, 0.15) is 0 Å². The quantitative estimate of drug-likeness (QED) is 0.863. The Bertz CT molecular complexity index is 517. The second-order valence-electron chi connectivity index (χ2n) is 5.86. The molecular formula is C15H19BrN2O. The topological polar surface area (TPSA) is 46.3 Å². The van der Waals surface area contributed by atoms with Gasteiger partial charge in [-0.2, -0.15) is 0 Å². The molecule has 0 spiro atoms. The summed E-state index contributed by atoms with van der Waals surface area (Å²) in [5.74, 6) is 1.25. The highest BCUT2D eigenvalue weighted by Gasteiger charge is 2.42. The first kappa shape index (κ1) is 13.1. The third-order valence-electron chi connectivity index (χ3n) is 4.55. The van der Waals surface area contributed by atoms with E-state index in [9.17, 15) is 4.79 Å². The lowest BCUT2D eigenvalue weighted by Gasteiger charge is -2.19. The Balaban J connectivity index is 1.78. The minimum Gasteiger partial charge on any atom is -0.338 e. The fraction of sp³-hybridized carbons (Fsp3) is 0.533. The zero-order chi connectivity index (χ0) is 13.6. The van der Waals surface area contributed by atoms with E-state index in [-0.39, 0.29) is 11.9 Å². The van der Waals surface area contributed by atoms with Crippen LogP contribution in [0.5, 0.6) is 0 Å². The lowest BCUT2D eigenvalue weighted by atomic mass is 9.98. The number of carbonyl (C=O) groups excluding carboxylic acids is 1. The summed E-state index contributed by atoms with van der Waals surface area (Å²) < 4.78 is 0.888. The first-order valence-electron chi connectivity index (χ1n) is 6.87. The summed E-state index contributed by atoms with van der Waals surface area (Å²) in [6, 6.07) is 6.18. The number of fused-ring (bicyclic) bond motifs is 1. The van der Waals surface area contributed by atoms with E-state index in [4.69, 9.17) is 5.73 Å². The van der Waals surface area contributed by atoms with Crippen molar-refractivity contribution in [3.05, 3.63) is 33.8 Å². The summed E-state index contributed by atoms with van der Waals surface area (Å²) in [6.07, 6.45) is 2.29. The van der Waals surface area contributed by atoms with Crippen LogP contribution in [0.15, 0.2) is 22.7 Å². The van der Waals surface area contributed by atoms with E-state index in [1.54, 1.807) is 0 Å². The highest BCUT2D eigenvalue weighted by atomic mass is 79.9. The largest absolute Gasteiger partial charge is 0.338 e. The molecule has 1 amide bonds. The Hall–Kier alpha value is -0.870. The number of amides is 1. The lowest BCUT2D eigenvalue weighted by Crippen LogP contribution is -2.33. The number of hydrogen-bond donors (Lipinski definition) is 1. The van der Waals surface area contributed by atoms with Crippen molar-refractivity contribution in [2.75, 3.05) is 13.1 Å². The third-order valence-corrected chi connectivity index (χ3v) is 5.21. The number of nitrogens with two attached hydrogens (primary N) is 1. The number of nitrogens with zero attached hydrogens (tertiary/aromatic N) is 1. The van der Waals surface area contributed by atoms with Crippen molar-refractivity contribution in [3.63, 3.8) is 0 Å². The van der Waals surface area contributed by atoms with Crippen molar-refractivity contribution in [2.24, 2.45) is 17.6 Å². The van der Waals surface area contributed by atoms with Gasteiger partial charge in [0.25, 0.3) is 5.91 Å². The van der Waals surface area contributed by atoms with Gasteiger partial charge in [-0.25, -0.2) is 0 Å². The van der Waals surface area contributed by atoms with E-state index >= 15 is 0 Å². The zero-order valence-corrected chi connectivity index (χ0v) is 12.7. The molecule has 0 radical (unpaired) electrons. The zero-order valence-electron chi connectivity index (χ0n) is 11.1. The molecule has 102 valence electrons. The van der Waals surface area contributed by atoms with Crippen LogP contribution < -0.4 is 5.73 Å². The average molecular weight is 323 g/mol. The van der Waals surface area contributed by atoms with Gasteiger partial charge in [-0.15, -0.1) is 0 Å². The molecule has 1 aromatic rings. The maximum absolute atomic E-state index is 12.6. The van der Waals surface area contributed by atoms with Crippen LogP contribution in [0, 0.1) is 18.8 Å². The van der Waals surface area contributed by atoms with Crippen LogP contribution in [0.3, 0.4) is 0 Å². The predicted octanol–water partition coefficient (Wildman–Crippen LogP) is 2.57. The van der Waals surface area contributed by atoms with Crippen molar-refractivity contribution >= 4 is 21.8 Å². The molecular weight excluding hydrogens is 304 g/mol. The van der Waals surface area contributed by atoms with E-state index in [1.807, 2.05) is 30.0 Å². The number of halogens is 1. The summed E-state index contributed by atoms with van der Waals surface area (Å²) in [5.41, 5.74) is 8.04. The Labute approximate surface area is 122 Å². The minimum absolute atomic E-state index is 0.133. The normalized spacial score (nSPS) is 29.6. The number of benzene rings is 1. The fourth-order valence-corrected chi connectivity index (χ4v) is 4.10. The second-order valence-corrected chi connectivity index (χ2v) is 6.71. The van der Waals surface area contributed by atoms with Gasteiger partial charge in [0, 0.05) is 23.6 Å². The fourth-order valence-electron chi connectivity index (χ4n) is 3.44. The molecule has 4 heteroatoms. The lowest BCUT2D eigenvalue weighted by molar-refractivity contribution is 0.0778. The average Bonchev–Trinajstić information content (AvgIpc) is 2.91. The van der Waals surface area contributed by atoms with Crippen LogP contribution in [-0.2, 0) is 0 Å². The maximum Gasteiger partial charge on any atom is 0.255 e. The number of hydrogen-bond acceptors (Lipinski definition) is 2. The number of rotatable bonds is 1. The van der Waals surface area contributed by atoms with Gasteiger partial charge in [0.15, 0.2) is 0 Å². The summed E-state index contributed by atoms with van der Waals surface area (Å²) >= 11 is 3.50. The summed E-state index contributed by atoms with van der Waals surface area (Å²) in [6.45, 7) is 3.72. The van der Waals surface area contributed by atoms with Crippen molar-refractivity contribution in [1.29, 1.82) is 0 Å². The first-order chi connectivity index (χ1) is 9.06. The van der Waals surface area contributed by atoms with Crippen LogP contribution in [0.1, 0.15) is 28.8 Å². The van der Waals surface area contributed by atoms with Gasteiger partial charge < -0.3 is 10.6 Å². The van der Waals surface area contributed by atoms with Crippen molar-refractivity contribution in [3.8, 4) is 0 Å². The molecule has 19 heavy (non-hydrogen) atoms. The molecule has 3 atom stereocenters. The van der Waals surface area contributed by atoms with Crippen LogP contribution in [0.4, 0.5) is 0 Å². The van der Waals surface area contributed by atoms with E-state index in [0.29, 0.717) is 11.8 Å². The Morgan fingerprint density at radius 3 is 2.84 bits per heavy atom. The van der Waals surface area contributed by atoms with Crippen molar-refractivity contribution in [1.82, 2.24) is 4.90 Å². The second kappa shape index (κ2) is 4.91. The van der Waals surface area contributed by atoms with Gasteiger partial charge in [0.2, 0.25) is 0 Å². The van der Waals surface area contributed by atoms with Gasteiger partial charge in [-0.05, 0) is 65.2 Å². The molecule has 1 aromatic carbocycles. The van der Waals surface area contributed by atoms with E-state index in [0.717, 1.165) is 35.1 Å². The highest BCUT2D eigenvalue weighted by molar-refractivity contribution is 9.10. The molecule has 1 aliphatic heterocycles. The summed E-state index contributed by atoms with van der Waals surface area (Å²) in [7, 11) is 0. The molecule has 3 unspecified atom stereocenters. The van der Waals surface area contributed by atoms with Crippen molar-refractivity contribution in [2.45, 2.75) is 25.8 Å². The van der Waals surface area contributed by atoms with Crippen molar-refractivity contribution < 1.29 is 4.79 Å². The molecule has 1 aliphatic carbocycles. The summed E-state index contributed by atoms with van der Waals surface area (Å²) in [4.78, 5) is 14.5. The number of likely N-dealkylation sites (tertiary alicyclic amines) is 1. The maximum atomic E-state index is 12.6. The standard InChI is InChI=1S/C15H19BrN2O/c1-9-2-4-11(13(16)6-9)15(19)18-7-10-3-5-14(17)12(10)8-18/h2,4,6,10,12,14H,3,5,7-8,17H2,1H3. The van der Waals surface area contributed by atoms with Crippen LogP contribution in [0.25, 0.3) is 0 Å². The molecule has 2 aliphatic rings. The molecule has 1 saturated heterocycles.